The SMILES string of the molecule is CCCC(CCO)Nc1nc(N)nc(C)c1Cc1ccc(CN2CCCC2)cc1OC. The van der Waals surface area contributed by atoms with Gasteiger partial charge in [0.05, 0.1) is 7.11 Å². The molecule has 1 aliphatic rings. The van der Waals surface area contributed by atoms with Crippen molar-refractivity contribution in [1.29, 1.82) is 0 Å². The van der Waals surface area contributed by atoms with E-state index in [2.05, 4.69) is 45.3 Å². The van der Waals surface area contributed by atoms with E-state index in [1.54, 1.807) is 7.11 Å². The van der Waals surface area contributed by atoms with Crippen LogP contribution in [0, 0.1) is 6.92 Å². The fourth-order valence-electron chi connectivity index (χ4n) is 4.36. The van der Waals surface area contributed by atoms with E-state index in [0.29, 0.717) is 12.8 Å². The Morgan fingerprint density at radius 1 is 1.23 bits per heavy atom. The number of hydrogen-bond acceptors (Lipinski definition) is 7. The number of methoxy groups -OCH3 is 1. The lowest BCUT2D eigenvalue weighted by Crippen LogP contribution is -2.23. The summed E-state index contributed by atoms with van der Waals surface area (Å²) in [6, 6.07) is 6.65. The quantitative estimate of drug-likeness (QED) is 0.505. The Bertz CT molecular complexity index is 846. The van der Waals surface area contributed by atoms with Crippen molar-refractivity contribution in [2.24, 2.45) is 0 Å². The lowest BCUT2D eigenvalue weighted by Gasteiger charge is -2.21. The standard InChI is InChI=1S/C24H37N5O2/c1-4-7-20(10-13-30)27-23-21(17(2)26-24(25)28-23)15-19-9-8-18(14-22(19)31-3)16-29-11-5-6-12-29/h8-9,14,20,30H,4-7,10-13,15-16H2,1-3H3,(H3,25,26,27,28). The molecule has 0 spiro atoms. The number of rotatable bonds is 11. The molecule has 0 saturated carbocycles. The van der Waals surface area contributed by atoms with Gasteiger partial charge >= 0.3 is 0 Å². The van der Waals surface area contributed by atoms with E-state index in [1.165, 1.54) is 31.5 Å². The fourth-order valence-corrected chi connectivity index (χ4v) is 4.36. The van der Waals surface area contributed by atoms with Crippen molar-refractivity contribution in [2.45, 2.75) is 65.0 Å². The van der Waals surface area contributed by atoms with Crippen LogP contribution in [0.1, 0.15) is 61.4 Å². The van der Waals surface area contributed by atoms with Gasteiger partial charge in [-0.1, -0.05) is 25.5 Å². The molecule has 1 saturated heterocycles. The van der Waals surface area contributed by atoms with Gasteiger partial charge in [-0.05, 0) is 62.9 Å². The van der Waals surface area contributed by atoms with Crippen LogP contribution in [-0.4, -0.2) is 52.8 Å². The number of aliphatic hydroxyl groups excluding tert-OH is 1. The van der Waals surface area contributed by atoms with Crippen molar-refractivity contribution in [3.8, 4) is 5.75 Å². The molecule has 31 heavy (non-hydrogen) atoms. The number of aryl methyl sites for hydroxylation is 1. The second-order valence-corrected chi connectivity index (χ2v) is 8.44. The van der Waals surface area contributed by atoms with Gasteiger partial charge in [-0.2, -0.15) is 4.98 Å². The number of hydrogen-bond donors (Lipinski definition) is 3. The number of benzene rings is 1. The normalized spacial score (nSPS) is 15.2. The van der Waals surface area contributed by atoms with Crippen LogP contribution in [0.2, 0.25) is 0 Å². The maximum absolute atomic E-state index is 9.43. The van der Waals surface area contributed by atoms with Gasteiger partial charge in [0.2, 0.25) is 5.95 Å². The molecule has 2 heterocycles. The summed E-state index contributed by atoms with van der Waals surface area (Å²) in [5.74, 6) is 1.90. The number of anilines is 2. The van der Waals surface area contributed by atoms with Gasteiger partial charge < -0.3 is 20.9 Å². The third kappa shape index (κ3) is 6.31. The highest BCUT2D eigenvalue weighted by atomic mass is 16.5. The summed E-state index contributed by atoms with van der Waals surface area (Å²) in [5.41, 5.74) is 10.2. The molecule has 1 aromatic heterocycles. The van der Waals surface area contributed by atoms with Crippen molar-refractivity contribution < 1.29 is 9.84 Å². The van der Waals surface area contributed by atoms with Gasteiger partial charge in [0, 0.05) is 36.9 Å². The zero-order valence-electron chi connectivity index (χ0n) is 19.2. The summed E-state index contributed by atoms with van der Waals surface area (Å²) in [4.78, 5) is 11.4. The van der Waals surface area contributed by atoms with Crippen LogP contribution in [-0.2, 0) is 13.0 Å². The molecule has 170 valence electrons. The first-order valence-corrected chi connectivity index (χ1v) is 11.4. The molecule has 1 atom stereocenters. The van der Waals surface area contributed by atoms with Gasteiger partial charge in [-0.25, -0.2) is 4.98 Å². The molecule has 1 aromatic carbocycles. The third-order valence-electron chi connectivity index (χ3n) is 6.01. The maximum atomic E-state index is 9.43. The zero-order valence-corrected chi connectivity index (χ0v) is 19.2. The molecule has 1 fully saturated rings. The monoisotopic (exact) mass is 427 g/mol. The molecule has 0 bridgehead atoms. The number of aromatic nitrogens is 2. The first-order chi connectivity index (χ1) is 15.0. The number of aliphatic hydroxyl groups is 1. The van der Waals surface area contributed by atoms with Crippen LogP contribution in [0.4, 0.5) is 11.8 Å². The Morgan fingerprint density at radius 2 is 2.00 bits per heavy atom. The summed E-state index contributed by atoms with van der Waals surface area (Å²) in [6.45, 7) is 7.56. The van der Waals surface area contributed by atoms with Crippen LogP contribution in [0.15, 0.2) is 18.2 Å². The van der Waals surface area contributed by atoms with E-state index in [1.807, 2.05) is 6.92 Å². The summed E-state index contributed by atoms with van der Waals surface area (Å²) in [6.07, 6.45) is 5.88. The lowest BCUT2D eigenvalue weighted by atomic mass is 10.0. The second kappa shape index (κ2) is 11.3. The van der Waals surface area contributed by atoms with Crippen LogP contribution >= 0.6 is 0 Å². The average Bonchev–Trinajstić information content (AvgIpc) is 3.24. The predicted molar refractivity (Wildman–Crippen MR) is 126 cm³/mol. The van der Waals surface area contributed by atoms with Crippen LogP contribution in [0.3, 0.4) is 0 Å². The highest BCUT2D eigenvalue weighted by Crippen LogP contribution is 2.29. The predicted octanol–water partition coefficient (Wildman–Crippen LogP) is 3.53. The first-order valence-electron chi connectivity index (χ1n) is 11.4. The smallest absolute Gasteiger partial charge is 0.222 e. The summed E-state index contributed by atoms with van der Waals surface area (Å²) >= 11 is 0. The molecule has 0 aliphatic carbocycles. The van der Waals surface area contributed by atoms with E-state index >= 15 is 0 Å². The van der Waals surface area contributed by atoms with Gasteiger partial charge in [0.25, 0.3) is 0 Å². The molecule has 2 aromatic rings. The largest absolute Gasteiger partial charge is 0.496 e. The van der Waals surface area contributed by atoms with Crippen LogP contribution < -0.4 is 15.8 Å². The topological polar surface area (TPSA) is 96.5 Å². The number of nitrogens with two attached hydrogens (primary N) is 1. The molecule has 1 aliphatic heterocycles. The van der Waals surface area contributed by atoms with Crippen molar-refractivity contribution in [1.82, 2.24) is 14.9 Å². The number of ether oxygens (including phenoxy) is 1. The number of nitrogen functional groups attached to an aromatic ring is 1. The van der Waals surface area contributed by atoms with Crippen LogP contribution in [0.25, 0.3) is 0 Å². The minimum atomic E-state index is 0.138. The molecule has 3 rings (SSSR count). The number of nitrogens with zero attached hydrogens (tertiary/aromatic N) is 3. The Balaban J connectivity index is 1.85. The molecular formula is C24H37N5O2. The minimum Gasteiger partial charge on any atom is -0.496 e. The maximum Gasteiger partial charge on any atom is 0.222 e. The molecule has 0 amide bonds. The van der Waals surface area contributed by atoms with E-state index in [-0.39, 0.29) is 18.6 Å². The highest BCUT2D eigenvalue weighted by molar-refractivity contribution is 5.53. The minimum absolute atomic E-state index is 0.138. The third-order valence-corrected chi connectivity index (χ3v) is 6.01. The Labute approximate surface area is 186 Å². The van der Waals surface area contributed by atoms with E-state index in [0.717, 1.165) is 47.8 Å². The Morgan fingerprint density at radius 3 is 2.68 bits per heavy atom. The second-order valence-electron chi connectivity index (χ2n) is 8.44. The Kier molecular flexibility index (Phi) is 8.49. The molecule has 0 radical (unpaired) electrons. The van der Waals surface area contributed by atoms with E-state index in [4.69, 9.17) is 10.5 Å². The van der Waals surface area contributed by atoms with Gasteiger partial charge in [0.1, 0.15) is 11.6 Å². The van der Waals surface area contributed by atoms with E-state index in [9.17, 15) is 5.11 Å². The summed E-state index contributed by atoms with van der Waals surface area (Å²) < 4.78 is 5.75. The lowest BCUT2D eigenvalue weighted by molar-refractivity contribution is 0.276. The van der Waals surface area contributed by atoms with Crippen molar-refractivity contribution >= 4 is 11.8 Å². The van der Waals surface area contributed by atoms with E-state index < -0.39 is 0 Å². The molecule has 7 nitrogen and oxygen atoms in total. The highest BCUT2D eigenvalue weighted by Gasteiger charge is 2.18. The van der Waals surface area contributed by atoms with Gasteiger partial charge in [-0.15, -0.1) is 0 Å². The Hall–Kier alpha value is -2.38. The van der Waals surface area contributed by atoms with Crippen molar-refractivity contribution in [2.75, 3.05) is 37.9 Å². The molecular weight excluding hydrogens is 390 g/mol. The number of likely N-dealkylation sites (tertiary alicyclic amines) is 1. The summed E-state index contributed by atoms with van der Waals surface area (Å²) in [7, 11) is 1.72. The van der Waals surface area contributed by atoms with Crippen molar-refractivity contribution in [3.05, 3.63) is 40.6 Å². The van der Waals surface area contributed by atoms with Gasteiger partial charge in [-0.3, -0.25) is 4.90 Å². The fraction of sp³-hybridized carbons (Fsp3) is 0.583. The van der Waals surface area contributed by atoms with Crippen molar-refractivity contribution in [3.63, 3.8) is 0 Å². The molecule has 7 heteroatoms. The van der Waals surface area contributed by atoms with Gasteiger partial charge in [0.15, 0.2) is 0 Å². The number of nitrogens with one attached hydrogen (secondary N) is 1. The zero-order chi connectivity index (χ0) is 22.2. The molecule has 4 N–H and O–H groups in total. The molecule has 1 unspecified atom stereocenters. The van der Waals surface area contributed by atoms with Crippen LogP contribution in [0.5, 0.6) is 5.75 Å². The first kappa shape index (κ1) is 23.3. The average molecular weight is 428 g/mol. The summed E-state index contributed by atoms with van der Waals surface area (Å²) in [5, 5.41) is 12.9.